The third-order valence-corrected chi connectivity index (χ3v) is 8.01. The molecular formula is C31H25F2N5O4S. The summed E-state index contributed by atoms with van der Waals surface area (Å²) in [6.45, 7) is 4.28. The zero-order chi connectivity index (χ0) is 30.2. The largest absolute Gasteiger partial charge is 0.486 e. The van der Waals surface area contributed by atoms with Gasteiger partial charge in [-0.05, 0) is 60.5 Å². The number of aromatic nitrogens is 3. The molecule has 0 saturated carbocycles. The van der Waals surface area contributed by atoms with E-state index in [1.165, 1.54) is 12.1 Å². The van der Waals surface area contributed by atoms with E-state index in [1.807, 2.05) is 49.4 Å². The van der Waals surface area contributed by atoms with Crippen molar-refractivity contribution in [3.8, 4) is 16.9 Å². The number of thiophene rings is 1. The second-order valence-electron chi connectivity index (χ2n) is 9.75. The maximum absolute atomic E-state index is 13.8. The van der Waals surface area contributed by atoms with Crippen LogP contribution in [0.2, 0.25) is 0 Å². The summed E-state index contributed by atoms with van der Waals surface area (Å²) in [6.07, 6.45) is -1.14. The number of halogens is 2. The number of nitrogens with one attached hydrogen (secondary N) is 1. The predicted molar refractivity (Wildman–Crippen MR) is 160 cm³/mol. The number of nitrogens with two attached hydrogens (primary N) is 1. The maximum atomic E-state index is 13.8. The number of hydrogen-bond acceptors (Lipinski definition) is 7. The van der Waals surface area contributed by atoms with E-state index in [0.717, 1.165) is 22.1 Å². The molecule has 6 aromatic rings. The van der Waals surface area contributed by atoms with Crippen molar-refractivity contribution in [3.05, 3.63) is 94.6 Å². The third-order valence-electron chi connectivity index (χ3n) is 6.92. The number of amides is 2. The molecule has 0 aliphatic heterocycles. The molecule has 2 aromatic carbocycles. The molecule has 0 saturated heterocycles. The molecule has 0 radical (unpaired) electrons. The molecule has 0 spiro atoms. The van der Waals surface area contributed by atoms with E-state index in [1.54, 1.807) is 23.9 Å². The highest BCUT2D eigenvalue weighted by molar-refractivity contribution is 7.21. The fraction of sp³-hybridized carbons (Fsp3) is 0.161. The van der Waals surface area contributed by atoms with Crippen LogP contribution >= 0.6 is 11.3 Å². The van der Waals surface area contributed by atoms with Crippen LogP contribution < -0.4 is 15.8 Å². The number of anilines is 1. The molecule has 43 heavy (non-hydrogen) atoms. The van der Waals surface area contributed by atoms with E-state index in [9.17, 15) is 18.4 Å². The number of carbonyl (C=O) groups is 2. The first kappa shape index (κ1) is 28.0. The standard InChI is InChI=1S/C31H25F2N5O4S/c1-3-38-14-22(16(2)37-38)21-13-23(28(32)33)35-31-25(21)26(27(43-31)29(34)39)36-30(40)24-11-10-20(42-24)15-41-19-9-8-17-6-4-5-7-18(17)12-19/h4-14,28H,3,15H2,1-2H3,(H2,34,39)(H,36,40). The first-order valence-electron chi connectivity index (χ1n) is 13.3. The van der Waals surface area contributed by atoms with E-state index < -0.39 is 23.9 Å². The topological polar surface area (TPSA) is 125 Å². The molecule has 0 bridgehead atoms. The molecule has 9 nitrogen and oxygen atoms in total. The van der Waals surface area contributed by atoms with Gasteiger partial charge < -0.3 is 20.2 Å². The van der Waals surface area contributed by atoms with Gasteiger partial charge in [0.2, 0.25) is 0 Å². The smallest absolute Gasteiger partial charge is 0.291 e. The first-order valence-corrected chi connectivity index (χ1v) is 14.1. The Morgan fingerprint density at radius 3 is 2.60 bits per heavy atom. The molecule has 4 heterocycles. The number of pyridine rings is 1. The zero-order valence-corrected chi connectivity index (χ0v) is 23.9. The van der Waals surface area contributed by atoms with E-state index in [-0.39, 0.29) is 27.8 Å². The second-order valence-corrected chi connectivity index (χ2v) is 10.7. The molecule has 6 rings (SSSR count). The Morgan fingerprint density at radius 2 is 1.88 bits per heavy atom. The van der Waals surface area contributed by atoms with Gasteiger partial charge in [0.05, 0.1) is 11.4 Å². The Kier molecular flexibility index (Phi) is 7.36. The average Bonchev–Trinajstić information content (AvgIpc) is 3.72. The van der Waals surface area contributed by atoms with Crippen LogP contribution in [0.3, 0.4) is 0 Å². The lowest BCUT2D eigenvalue weighted by Crippen LogP contribution is -2.16. The summed E-state index contributed by atoms with van der Waals surface area (Å²) in [6, 6.07) is 18.0. The highest BCUT2D eigenvalue weighted by Gasteiger charge is 2.27. The van der Waals surface area contributed by atoms with Gasteiger partial charge in [-0.1, -0.05) is 30.3 Å². The van der Waals surface area contributed by atoms with E-state index >= 15 is 0 Å². The second kappa shape index (κ2) is 11.3. The summed E-state index contributed by atoms with van der Waals surface area (Å²) in [4.78, 5) is 30.0. The van der Waals surface area contributed by atoms with E-state index in [2.05, 4.69) is 15.4 Å². The lowest BCUT2D eigenvalue weighted by Gasteiger charge is -2.10. The number of ether oxygens (including phenoxy) is 1. The minimum absolute atomic E-state index is 0.0320. The molecule has 0 atom stereocenters. The fourth-order valence-corrected chi connectivity index (χ4v) is 5.86. The van der Waals surface area contributed by atoms with E-state index in [0.29, 0.717) is 40.3 Å². The maximum Gasteiger partial charge on any atom is 0.291 e. The van der Waals surface area contributed by atoms with Crippen molar-refractivity contribution in [3.63, 3.8) is 0 Å². The SMILES string of the molecule is CCn1cc(-c2cc(C(F)F)nc3sc(C(N)=O)c(NC(=O)c4ccc(COc5ccc6ccccc6c5)o4)c23)c(C)n1. The van der Waals surface area contributed by atoms with Gasteiger partial charge in [-0.25, -0.2) is 13.8 Å². The number of carbonyl (C=O) groups excluding carboxylic acids is 2. The predicted octanol–water partition coefficient (Wildman–Crippen LogP) is 7.10. The molecule has 0 aliphatic rings. The normalized spacial score (nSPS) is 11.5. The number of primary amides is 1. The van der Waals surface area contributed by atoms with Gasteiger partial charge in [0.25, 0.3) is 18.2 Å². The fourth-order valence-electron chi connectivity index (χ4n) is 4.84. The van der Waals surface area contributed by atoms with Gasteiger partial charge in [-0.15, -0.1) is 11.3 Å². The molecule has 4 aromatic heterocycles. The Hall–Kier alpha value is -5.10. The van der Waals surface area contributed by atoms with Crippen molar-refractivity contribution < 1.29 is 27.5 Å². The number of rotatable bonds is 9. The first-order chi connectivity index (χ1) is 20.7. The summed E-state index contributed by atoms with van der Waals surface area (Å²) >= 11 is 0.828. The number of alkyl halides is 2. The van der Waals surface area contributed by atoms with Crippen LogP contribution in [0.1, 0.15) is 50.7 Å². The lowest BCUT2D eigenvalue weighted by molar-refractivity contribution is 0.0992. The van der Waals surface area contributed by atoms with E-state index in [4.69, 9.17) is 14.9 Å². The molecule has 0 aliphatic carbocycles. The average molecular weight is 602 g/mol. The molecule has 0 unspecified atom stereocenters. The molecular weight excluding hydrogens is 576 g/mol. The van der Waals surface area contributed by atoms with Gasteiger partial charge in [-0.2, -0.15) is 5.10 Å². The summed E-state index contributed by atoms with van der Waals surface area (Å²) in [7, 11) is 0. The number of furan rings is 1. The van der Waals surface area contributed by atoms with Crippen molar-refractivity contribution in [1.29, 1.82) is 0 Å². The third kappa shape index (κ3) is 5.44. The van der Waals surface area contributed by atoms with Crippen LogP contribution in [0, 0.1) is 6.92 Å². The molecule has 218 valence electrons. The van der Waals surface area contributed by atoms with Gasteiger partial charge >= 0.3 is 0 Å². The molecule has 2 amide bonds. The number of hydrogen-bond donors (Lipinski definition) is 2. The summed E-state index contributed by atoms with van der Waals surface area (Å²) in [5.41, 5.74) is 6.75. The number of benzene rings is 2. The van der Waals surface area contributed by atoms with Crippen molar-refractivity contribution in [2.24, 2.45) is 5.73 Å². The van der Waals surface area contributed by atoms with Crippen LogP contribution in [-0.4, -0.2) is 26.6 Å². The molecule has 3 N–H and O–H groups in total. The van der Waals surface area contributed by atoms with Crippen LogP contribution in [0.5, 0.6) is 5.75 Å². The summed E-state index contributed by atoms with van der Waals surface area (Å²) in [5.74, 6) is -0.505. The van der Waals surface area contributed by atoms with Gasteiger partial charge in [0, 0.05) is 23.7 Å². The lowest BCUT2D eigenvalue weighted by atomic mass is 10.0. The van der Waals surface area contributed by atoms with Crippen LogP contribution in [0.15, 0.2) is 71.3 Å². The minimum Gasteiger partial charge on any atom is -0.486 e. The Labute approximate surface area is 247 Å². The van der Waals surface area contributed by atoms with Crippen molar-refractivity contribution >= 4 is 49.8 Å². The highest BCUT2D eigenvalue weighted by atomic mass is 32.1. The monoisotopic (exact) mass is 601 g/mol. The van der Waals surface area contributed by atoms with Crippen molar-refractivity contribution in [1.82, 2.24) is 14.8 Å². The van der Waals surface area contributed by atoms with Crippen LogP contribution in [0.4, 0.5) is 14.5 Å². The molecule has 0 fully saturated rings. The number of nitrogens with zero attached hydrogens (tertiary/aromatic N) is 3. The Bertz CT molecular complexity index is 2010. The van der Waals surface area contributed by atoms with Crippen LogP contribution in [0.25, 0.3) is 32.1 Å². The molecule has 12 heteroatoms. The Balaban J connectivity index is 1.32. The summed E-state index contributed by atoms with van der Waals surface area (Å²) < 4.78 is 41.0. The van der Waals surface area contributed by atoms with Crippen LogP contribution in [-0.2, 0) is 13.2 Å². The number of fused-ring (bicyclic) bond motifs is 2. The minimum atomic E-state index is -2.86. The van der Waals surface area contributed by atoms with Crippen molar-refractivity contribution in [2.75, 3.05) is 5.32 Å². The zero-order valence-electron chi connectivity index (χ0n) is 23.1. The van der Waals surface area contributed by atoms with Gasteiger partial charge in [0.15, 0.2) is 5.76 Å². The van der Waals surface area contributed by atoms with Gasteiger partial charge in [0.1, 0.15) is 33.5 Å². The highest BCUT2D eigenvalue weighted by Crippen LogP contribution is 2.43. The summed E-state index contributed by atoms with van der Waals surface area (Å²) in [5, 5.41) is 9.57. The number of aryl methyl sites for hydroxylation is 2. The van der Waals surface area contributed by atoms with Gasteiger partial charge in [-0.3, -0.25) is 14.3 Å². The quantitative estimate of drug-likeness (QED) is 0.182. The van der Waals surface area contributed by atoms with Crippen molar-refractivity contribution in [2.45, 2.75) is 33.4 Å². The Morgan fingerprint density at radius 1 is 1.09 bits per heavy atom.